The Labute approximate surface area is 170 Å². The summed E-state index contributed by atoms with van der Waals surface area (Å²) in [4.78, 5) is 37.3. The summed E-state index contributed by atoms with van der Waals surface area (Å²) in [6.07, 6.45) is 4.52. The molecule has 0 aliphatic carbocycles. The molecule has 4 atom stereocenters. The SMILES string of the molecule is O=C(CCc1nc2ccccc2[nH]1)N1C[C@H]2C[C@@H](C1)[C@H](CO)N1C(=O)CCC[C@@H]21. The van der Waals surface area contributed by atoms with Crippen LogP contribution in [0.1, 0.15) is 37.9 Å². The molecule has 7 heteroatoms. The van der Waals surface area contributed by atoms with E-state index >= 15 is 0 Å². The van der Waals surface area contributed by atoms with Crippen LogP contribution in [0.2, 0.25) is 0 Å². The first-order valence-corrected chi connectivity index (χ1v) is 10.8. The van der Waals surface area contributed by atoms with Crippen molar-refractivity contribution in [2.24, 2.45) is 11.8 Å². The standard InChI is InChI=1S/C22H28N4O3/c27-13-19-15-10-14(18-6-3-7-22(29)26(18)19)11-25(12-15)21(28)9-8-20-23-16-4-1-2-5-17(16)24-20/h1-2,4-5,14-15,18-19,27H,3,6-13H2,(H,23,24)/t14-,15+,18+,19+/m1/s1. The second-order valence-corrected chi connectivity index (χ2v) is 8.77. The van der Waals surface area contributed by atoms with Gasteiger partial charge in [0.15, 0.2) is 0 Å². The van der Waals surface area contributed by atoms with E-state index in [-0.39, 0.29) is 36.4 Å². The van der Waals surface area contributed by atoms with E-state index in [9.17, 15) is 14.7 Å². The van der Waals surface area contributed by atoms with Gasteiger partial charge in [0.05, 0.1) is 23.7 Å². The molecule has 2 N–H and O–H groups in total. The number of aliphatic hydroxyl groups excluding tert-OH is 1. The van der Waals surface area contributed by atoms with E-state index in [1.54, 1.807) is 0 Å². The summed E-state index contributed by atoms with van der Waals surface area (Å²) < 4.78 is 0. The number of aryl methyl sites for hydroxylation is 1. The van der Waals surface area contributed by atoms with Crippen molar-refractivity contribution in [3.8, 4) is 0 Å². The van der Waals surface area contributed by atoms with E-state index in [0.29, 0.717) is 31.7 Å². The van der Waals surface area contributed by atoms with Crippen LogP contribution in [-0.2, 0) is 16.0 Å². The average molecular weight is 396 g/mol. The Kier molecular flexibility index (Phi) is 4.78. The van der Waals surface area contributed by atoms with Crippen molar-refractivity contribution in [1.82, 2.24) is 19.8 Å². The number of amides is 2. The molecule has 29 heavy (non-hydrogen) atoms. The first-order chi connectivity index (χ1) is 14.1. The summed E-state index contributed by atoms with van der Waals surface area (Å²) in [6, 6.07) is 7.92. The normalized spacial score (nSPS) is 29.2. The number of carbonyl (C=O) groups is 2. The topological polar surface area (TPSA) is 89.5 Å². The maximum Gasteiger partial charge on any atom is 0.223 e. The summed E-state index contributed by atoms with van der Waals surface area (Å²) in [5, 5.41) is 10.00. The number of piperidine rings is 3. The number of aromatic amines is 1. The van der Waals surface area contributed by atoms with E-state index in [1.165, 1.54) is 0 Å². The van der Waals surface area contributed by atoms with Crippen LogP contribution >= 0.6 is 0 Å². The number of nitrogens with one attached hydrogen (secondary N) is 1. The number of aliphatic hydroxyl groups is 1. The fourth-order valence-electron chi connectivity index (χ4n) is 5.72. The number of H-pyrrole nitrogens is 1. The van der Waals surface area contributed by atoms with Gasteiger partial charge in [0.25, 0.3) is 0 Å². The predicted molar refractivity (Wildman–Crippen MR) is 108 cm³/mol. The molecular weight excluding hydrogens is 368 g/mol. The van der Waals surface area contributed by atoms with E-state index in [0.717, 1.165) is 42.7 Å². The molecule has 3 aliphatic rings. The maximum atomic E-state index is 13.0. The van der Waals surface area contributed by atoms with Gasteiger partial charge in [-0.3, -0.25) is 9.59 Å². The summed E-state index contributed by atoms with van der Waals surface area (Å²) in [5.74, 6) is 1.67. The molecule has 2 amide bonds. The number of carbonyl (C=O) groups excluding carboxylic acids is 2. The lowest BCUT2D eigenvalue weighted by Gasteiger charge is -2.56. The van der Waals surface area contributed by atoms with Crippen molar-refractivity contribution in [2.45, 2.75) is 50.6 Å². The number of imidazole rings is 1. The summed E-state index contributed by atoms with van der Waals surface area (Å²) in [7, 11) is 0. The number of rotatable bonds is 4. The monoisotopic (exact) mass is 396 g/mol. The Balaban J connectivity index is 1.27. The van der Waals surface area contributed by atoms with Crippen LogP contribution in [0.4, 0.5) is 0 Å². The van der Waals surface area contributed by atoms with Gasteiger partial charge >= 0.3 is 0 Å². The largest absolute Gasteiger partial charge is 0.394 e. The van der Waals surface area contributed by atoms with Crippen LogP contribution in [0, 0.1) is 11.8 Å². The minimum absolute atomic E-state index is 0.0133. The molecule has 0 unspecified atom stereocenters. The molecule has 3 fully saturated rings. The Morgan fingerprint density at radius 2 is 2.07 bits per heavy atom. The highest BCUT2D eigenvalue weighted by molar-refractivity contribution is 5.79. The van der Waals surface area contributed by atoms with Crippen LogP contribution in [0.25, 0.3) is 11.0 Å². The third-order valence-electron chi connectivity index (χ3n) is 7.05. The predicted octanol–water partition coefficient (Wildman–Crippen LogP) is 1.72. The number of fused-ring (bicyclic) bond motifs is 5. The van der Waals surface area contributed by atoms with Gasteiger partial charge in [0.2, 0.25) is 11.8 Å². The van der Waals surface area contributed by atoms with Gasteiger partial charge in [-0.1, -0.05) is 12.1 Å². The van der Waals surface area contributed by atoms with Gasteiger partial charge in [-0.15, -0.1) is 0 Å². The van der Waals surface area contributed by atoms with Gasteiger partial charge in [-0.2, -0.15) is 0 Å². The van der Waals surface area contributed by atoms with Crippen molar-refractivity contribution in [3.63, 3.8) is 0 Å². The maximum absolute atomic E-state index is 13.0. The van der Waals surface area contributed by atoms with Crippen molar-refractivity contribution in [3.05, 3.63) is 30.1 Å². The van der Waals surface area contributed by atoms with Crippen LogP contribution in [0.5, 0.6) is 0 Å². The molecule has 0 radical (unpaired) electrons. The zero-order valence-corrected chi connectivity index (χ0v) is 16.6. The Hall–Kier alpha value is -2.41. The fraction of sp³-hybridized carbons (Fsp3) is 0.591. The molecule has 0 spiro atoms. The van der Waals surface area contributed by atoms with Crippen molar-refractivity contribution in [2.75, 3.05) is 19.7 Å². The molecule has 2 bridgehead atoms. The van der Waals surface area contributed by atoms with Gasteiger partial charge in [-0.25, -0.2) is 4.98 Å². The molecule has 4 heterocycles. The molecule has 1 aromatic heterocycles. The number of benzene rings is 1. The molecule has 3 aliphatic heterocycles. The minimum atomic E-state index is -0.143. The minimum Gasteiger partial charge on any atom is -0.394 e. The Bertz CT molecular complexity index is 879. The molecule has 7 nitrogen and oxygen atoms in total. The number of likely N-dealkylation sites (tertiary alicyclic amines) is 1. The fourth-order valence-corrected chi connectivity index (χ4v) is 5.72. The number of aromatic nitrogens is 2. The number of nitrogens with zero attached hydrogens (tertiary/aromatic N) is 3. The van der Waals surface area contributed by atoms with Crippen molar-refractivity contribution in [1.29, 1.82) is 0 Å². The van der Waals surface area contributed by atoms with Crippen LogP contribution in [0.15, 0.2) is 24.3 Å². The molecule has 5 rings (SSSR count). The summed E-state index contributed by atoms with van der Waals surface area (Å²) >= 11 is 0. The Morgan fingerprint density at radius 3 is 2.90 bits per heavy atom. The second kappa shape index (κ2) is 7.44. The van der Waals surface area contributed by atoms with Crippen molar-refractivity contribution >= 4 is 22.8 Å². The van der Waals surface area contributed by atoms with Crippen LogP contribution in [0.3, 0.4) is 0 Å². The van der Waals surface area contributed by atoms with E-state index in [1.807, 2.05) is 34.1 Å². The third kappa shape index (κ3) is 3.31. The lowest BCUT2D eigenvalue weighted by Crippen LogP contribution is -2.66. The Morgan fingerprint density at radius 1 is 1.24 bits per heavy atom. The van der Waals surface area contributed by atoms with E-state index < -0.39 is 0 Å². The highest BCUT2D eigenvalue weighted by Gasteiger charge is 2.49. The number of hydrogen-bond donors (Lipinski definition) is 2. The average Bonchev–Trinajstić information content (AvgIpc) is 3.16. The molecule has 154 valence electrons. The van der Waals surface area contributed by atoms with E-state index in [4.69, 9.17) is 0 Å². The van der Waals surface area contributed by atoms with E-state index in [2.05, 4.69) is 9.97 Å². The van der Waals surface area contributed by atoms with Gasteiger partial charge in [0, 0.05) is 38.4 Å². The van der Waals surface area contributed by atoms with Crippen LogP contribution in [-0.4, -0.2) is 68.5 Å². The smallest absolute Gasteiger partial charge is 0.223 e. The van der Waals surface area contributed by atoms with Gasteiger partial charge in [0.1, 0.15) is 5.82 Å². The lowest BCUT2D eigenvalue weighted by atomic mass is 9.72. The zero-order chi connectivity index (χ0) is 20.0. The molecular formula is C22H28N4O3. The van der Waals surface area contributed by atoms with Gasteiger partial charge in [-0.05, 0) is 43.2 Å². The molecule has 0 saturated carbocycles. The second-order valence-electron chi connectivity index (χ2n) is 8.77. The van der Waals surface area contributed by atoms with Crippen molar-refractivity contribution < 1.29 is 14.7 Å². The number of hydrogen-bond acceptors (Lipinski definition) is 4. The first kappa shape index (κ1) is 18.6. The van der Waals surface area contributed by atoms with Crippen LogP contribution < -0.4 is 0 Å². The summed E-state index contributed by atoms with van der Waals surface area (Å²) in [6.45, 7) is 1.35. The number of para-hydroxylation sites is 2. The van der Waals surface area contributed by atoms with Gasteiger partial charge < -0.3 is 19.9 Å². The lowest BCUT2D eigenvalue weighted by molar-refractivity contribution is -0.158. The zero-order valence-electron chi connectivity index (χ0n) is 16.6. The first-order valence-electron chi connectivity index (χ1n) is 10.8. The summed E-state index contributed by atoms with van der Waals surface area (Å²) in [5.41, 5.74) is 1.92. The highest BCUT2D eigenvalue weighted by atomic mass is 16.3. The molecule has 3 saturated heterocycles. The third-order valence-corrected chi connectivity index (χ3v) is 7.05. The molecule has 2 aromatic rings. The quantitative estimate of drug-likeness (QED) is 0.823. The molecule has 1 aromatic carbocycles. The highest BCUT2D eigenvalue weighted by Crippen LogP contribution is 2.41.